The van der Waals surface area contributed by atoms with E-state index < -0.39 is 0 Å². The Hall–Kier alpha value is -2.67. The number of unbranched alkanes of at least 4 members (excludes halogenated alkanes) is 1. The second kappa shape index (κ2) is 5.98. The molecule has 0 bridgehead atoms. The summed E-state index contributed by atoms with van der Waals surface area (Å²) in [6.45, 7) is 2.96. The number of imidazole rings is 1. The van der Waals surface area contributed by atoms with E-state index in [1.54, 1.807) is 18.2 Å². The number of aromatic nitrogens is 2. The van der Waals surface area contributed by atoms with Gasteiger partial charge in [-0.2, -0.15) is 5.26 Å². The summed E-state index contributed by atoms with van der Waals surface area (Å²) in [5, 5.41) is 9.10. The number of fused-ring (bicyclic) bond motifs is 1. The van der Waals surface area contributed by atoms with Gasteiger partial charge in [-0.15, -0.1) is 0 Å². The van der Waals surface area contributed by atoms with Crippen LogP contribution in [0.25, 0.3) is 22.4 Å². The average Bonchev–Trinajstić information content (AvgIpc) is 2.91. The van der Waals surface area contributed by atoms with E-state index in [1.807, 2.05) is 12.1 Å². The van der Waals surface area contributed by atoms with Crippen LogP contribution in [0.4, 0.5) is 4.39 Å². The quantitative estimate of drug-likeness (QED) is 0.710. The predicted octanol–water partition coefficient (Wildman–Crippen LogP) is 4.51. The third-order valence-corrected chi connectivity index (χ3v) is 3.72. The third-order valence-electron chi connectivity index (χ3n) is 3.72. The van der Waals surface area contributed by atoms with Gasteiger partial charge in [0, 0.05) is 12.1 Å². The summed E-state index contributed by atoms with van der Waals surface area (Å²) in [6, 6.07) is 14.0. The van der Waals surface area contributed by atoms with Gasteiger partial charge in [-0.25, -0.2) is 9.37 Å². The number of benzene rings is 2. The molecule has 0 saturated heterocycles. The molecule has 0 aliphatic heterocycles. The van der Waals surface area contributed by atoms with Gasteiger partial charge in [0.1, 0.15) is 11.6 Å². The molecule has 22 heavy (non-hydrogen) atoms. The molecule has 1 aromatic heterocycles. The highest BCUT2D eigenvalue weighted by molar-refractivity contribution is 5.82. The van der Waals surface area contributed by atoms with Gasteiger partial charge < -0.3 is 4.57 Å². The lowest BCUT2D eigenvalue weighted by Gasteiger charge is -2.08. The fourth-order valence-corrected chi connectivity index (χ4v) is 2.55. The first-order valence-electron chi connectivity index (χ1n) is 7.39. The summed E-state index contributed by atoms with van der Waals surface area (Å²) in [6.07, 6.45) is 2.09. The third kappa shape index (κ3) is 2.58. The lowest BCUT2D eigenvalue weighted by atomic mass is 10.2. The first-order chi connectivity index (χ1) is 10.7. The van der Waals surface area contributed by atoms with Crippen LogP contribution in [-0.4, -0.2) is 9.55 Å². The molecule has 0 fully saturated rings. The molecule has 0 atom stereocenters. The van der Waals surface area contributed by atoms with E-state index in [2.05, 4.69) is 22.5 Å². The highest BCUT2D eigenvalue weighted by Gasteiger charge is 2.13. The molecule has 0 radical (unpaired) electrons. The molecule has 2 aromatic carbocycles. The Bertz CT molecular complexity index is 841. The van der Waals surface area contributed by atoms with Crippen molar-refractivity contribution in [3.63, 3.8) is 0 Å². The topological polar surface area (TPSA) is 41.6 Å². The molecule has 4 heteroatoms. The maximum absolute atomic E-state index is 13.1. The van der Waals surface area contributed by atoms with Gasteiger partial charge in [-0.1, -0.05) is 13.3 Å². The maximum atomic E-state index is 13.1. The van der Waals surface area contributed by atoms with E-state index >= 15 is 0 Å². The summed E-state index contributed by atoms with van der Waals surface area (Å²) in [5.74, 6) is 0.560. The molecule has 0 spiro atoms. The standard InChI is InChI=1S/C18H16FN3/c1-2-3-10-22-17-11-13(12-20)4-9-16(17)21-18(22)14-5-7-15(19)8-6-14/h4-9,11H,2-3,10H2,1H3. The molecule has 0 amide bonds. The summed E-state index contributed by atoms with van der Waals surface area (Å²) < 4.78 is 15.3. The first-order valence-corrected chi connectivity index (χ1v) is 7.39. The molecular formula is C18H16FN3. The molecule has 0 aliphatic rings. The Morgan fingerprint density at radius 3 is 2.64 bits per heavy atom. The Morgan fingerprint density at radius 1 is 1.18 bits per heavy atom. The maximum Gasteiger partial charge on any atom is 0.141 e. The zero-order chi connectivity index (χ0) is 15.5. The average molecular weight is 293 g/mol. The minimum absolute atomic E-state index is 0.258. The van der Waals surface area contributed by atoms with E-state index in [1.165, 1.54) is 12.1 Å². The zero-order valence-corrected chi connectivity index (χ0v) is 12.4. The van der Waals surface area contributed by atoms with Crippen LogP contribution in [0.1, 0.15) is 25.3 Å². The second-order valence-electron chi connectivity index (χ2n) is 5.26. The lowest BCUT2D eigenvalue weighted by molar-refractivity contribution is 0.627. The monoisotopic (exact) mass is 293 g/mol. The highest BCUT2D eigenvalue weighted by Crippen LogP contribution is 2.26. The predicted molar refractivity (Wildman–Crippen MR) is 84.8 cm³/mol. The van der Waals surface area contributed by atoms with Crippen LogP contribution in [0.2, 0.25) is 0 Å². The molecule has 0 aliphatic carbocycles. The van der Waals surface area contributed by atoms with Crippen molar-refractivity contribution >= 4 is 11.0 Å². The second-order valence-corrected chi connectivity index (χ2v) is 5.26. The summed E-state index contributed by atoms with van der Waals surface area (Å²) >= 11 is 0. The number of nitrogens with zero attached hydrogens (tertiary/aromatic N) is 3. The molecule has 1 heterocycles. The number of hydrogen-bond acceptors (Lipinski definition) is 2. The van der Waals surface area contributed by atoms with Gasteiger partial charge in [0.2, 0.25) is 0 Å². The molecule has 0 unspecified atom stereocenters. The van der Waals surface area contributed by atoms with Gasteiger partial charge in [0.15, 0.2) is 0 Å². The van der Waals surface area contributed by atoms with Crippen molar-refractivity contribution in [1.82, 2.24) is 9.55 Å². The molecule has 0 saturated carbocycles. The van der Waals surface area contributed by atoms with Crippen LogP contribution in [0.3, 0.4) is 0 Å². The Balaban J connectivity index is 2.19. The largest absolute Gasteiger partial charge is 0.324 e. The van der Waals surface area contributed by atoms with Crippen molar-refractivity contribution in [2.75, 3.05) is 0 Å². The van der Waals surface area contributed by atoms with Crippen molar-refractivity contribution < 1.29 is 4.39 Å². The molecular weight excluding hydrogens is 277 g/mol. The first kappa shape index (κ1) is 14.3. The van der Waals surface area contributed by atoms with Crippen molar-refractivity contribution in [3.05, 3.63) is 53.8 Å². The van der Waals surface area contributed by atoms with Crippen molar-refractivity contribution in [1.29, 1.82) is 5.26 Å². The van der Waals surface area contributed by atoms with E-state index in [-0.39, 0.29) is 5.82 Å². The molecule has 3 aromatic rings. The van der Waals surface area contributed by atoms with Crippen LogP contribution in [0.15, 0.2) is 42.5 Å². The van der Waals surface area contributed by atoms with Gasteiger partial charge in [-0.05, 0) is 48.9 Å². The minimum atomic E-state index is -0.258. The SMILES string of the molecule is CCCCn1c(-c2ccc(F)cc2)nc2ccc(C#N)cc21. The number of hydrogen-bond donors (Lipinski definition) is 0. The van der Waals surface area contributed by atoms with Crippen LogP contribution in [0, 0.1) is 17.1 Å². The highest BCUT2D eigenvalue weighted by atomic mass is 19.1. The van der Waals surface area contributed by atoms with Crippen molar-refractivity contribution in [3.8, 4) is 17.5 Å². The summed E-state index contributed by atoms with van der Waals surface area (Å²) in [4.78, 5) is 4.67. The Morgan fingerprint density at radius 2 is 1.95 bits per heavy atom. The minimum Gasteiger partial charge on any atom is -0.324 e. The van der Waals surface area contributed by atoms with E-state index in [9.17, 15) is 4.39 Å². The number of aryl methyl sites for hydroxylation is 1. The molecule has 110 valence electrons. The van der Waals surface area contributed by atoms with Gasteiger partial charge >= 0.3 is 0 Å². The van der Waals surface area contributed by atoms with Crippen LogP contribution in [0.5, 0.6) is 0 Å². The number of nitriles is 1. The summed E-state index contributed by atoms with van der Waals surface area (Å²) in [7, 11) is 0. The Labute approximate surface area is 128 Å². The lowest BCUT2D eigenvalue weighted by Crippen LogP contribution is -2.00. The smallest absolute Gasteiger partial charge is 0.141 e. The van der Waals surface area contributed by atoms with E-state index in [0.29, 0.717) is 5.56 Å². The normalized spacial score (nSPS) is 10.8. The molecule has 3 nitrogen and oxygen atoms in total. The van der Waals surface area contributed by atoms with Gasteiger partial charge in [0.25, 0.3) is 0 Å². The summed E-state index contributed by atoms with van der Waals surface area (Å²) in [5.41, 5.74) is 3.31. The van der Waals surface area contributed by atoms with Crippen molar-refractivity contribution in [2.24, 2.45) is 0 Å². The number of halogens is 1. The van der Waals surface area contributed by atoms with Crippen molar-refractivity contribution in [2.45, 2.75) is 26.3 Å². The molecule has 3 rings (SSSR count). The van der Waals surface area contributed by atoms with Crippen LogP contribution in [-0.2, 0) is 6.54 Å². The van der Waals surface area contributed by atoms with Crippen LogP contribution >= 0.6 is 0 Å². The van der Waals surface area contributed by atoms with E-state index in [0.717, 1.165) is 41.8 Å². The Kier molecular flexibility index (Phi) is 3.88. The zero-order valence-electron chi connectivity index (χ0n) is 12.4. The van der Waals surface area contributed by atoms with Gasteiger partial charge in [-0.3, -0.25) is 0 Å². The molecule has 0 N–H and O–H groups in total. The van der Waals surface area contributed by atoms with Gasteiger partial charge in [0.05, 0.1) is 22.7 Å². The number of rotatable bonds is 4. The van der Waals surface area contributed by atoms with E-state index in [4.69, 9.17) is 5.26 Å². The van der Waals surface area contributed by atoms with Crippen LogP contribution < -0.4 is 0 Å². The fourth-order valence-electron chi connectivity index (χ4n) is 2.55. The fraction of sp³-hybridized carbons (Fsp3) is 0.222.